The maximum absolute atomic E-state index is 14.7. The van der Waals surface area contributed by atoms with Crippen LogP contribution in [0.2, 0.25) is 0 Å². The van der Waals surface area contributed by atoms with Gasteiger partial charge >= 0.3 is 0 Å². The van der Waals surface area contributed by atoms with Crippen LogP contribution in [-0.4, -0.2) is 149 Å². The number of carbonyl (C=O) groups excluding carboxylic acids is 7. The summed E-state index contributed by atoms with van der Waals surface area (Å²) in [6, 6.07) is 16.9. The van der Waals surface area contributed by atoms with Crippen molar-refractivity contribution in [2.45, 2.75) is 88.2 Å². The molecule has 2 heterocycles. The lowest BCUT2D eigenvalue weighted by Crippen LogP contribution is -2.60. The zero-order valence-corrected chi connectivity index (χ0v) is 44.3. The zero-order chi connectivity index (χ0) is 52.5. The Morgan fingerprint density at radius 1 is 0.849 bits per heavy atom. The van der Waals surface area contributed by atoms with E-state index in [1.807, 2.05) is 36.4 Å². The molecule has 0 aliphatic carbocycles. The molecule has 7 amide bonds. The van der Waals surface area contributed by atoms with Gasteiger partial charge in [0.15, 0.2) is 0 Å². The zero-order valence-electron chi connectivity index (χ0n) is 41.1. The first-order valence-electron chi connectivity index (χ1n) is 24.3. The quantitative estimate of drug-likeness (QED) is 0.0423. The van der Waals surface area contributed by atoms with Gasteiger partial charge in [-0.05, 0) is 81.4 Å². The average Bonchev–Trinajstić information content (AvgIpc) is 3.81. The molecule has 12 N–H and O–H groups in total. The van der Waals surface area contributed by atoms with Crippen LogP contribution in [0.4, 0.5) is 5.69 Å². The van der Waals surface area contributed by atoms with Crippen molar-refractivity contribution in [1.82, 2.24) is 42.2 Å². The minimum Gasteiger partial charge on any atom is -0.508 e. The highest BCUT2D eigenvalue weighted by Gasteiger charge is 2.37. The topological polar surface area (TPSA) is 289 Å². The van der Waals surface area contributed by atoms with Crippen LogP contribution in [0, 0.1) is 0 Å². The number of benzene rings is 3. The fourth-order valence-corrected chi connectivity index (χ4v) is 12.0. The maximum Gasteiger partial charge on any atom is 0.247 e. The number of H-pyrrole nitrogens is 1. The van der Waals surface area contributed by atoms with Crippen molar-refractivity contribution in [2.75, 3.05) is 61.1 Å². The highest BCUT2D eigenvalue weighted by Crippen LogP contribution is 2.30. The highest BCUT2D eigenvalue weighted by molar-refractivity contribution is 8.77. The van der Waals surface area contributed by atoms with Gasteiger partial charge in [-0.2, -0.15) is 0 Å². The Balaban J connectivity index is 1.44. The van der Waals surface area contributed by atoms with E-state index in [0.717, 1.165) is 17.7 Å². The lowest BCUT2D eigenvalue weighted by molar-refractivity contribution is -0.133. The van der Waals surface area contributed by atoms with E-state index in [-0.39, 0.29) is 36.8 Å². The molecule has 1 aliphatic heterocycles. The fourth-order valence-electron chi connectivity index (χ4n) is 7.81. The van der Waals surface area contributed by atoms with E-state index in [4.69, 9.17) is 5.73 Å². The number of aliphatic hydroxyl groups excluding tert-OH is 1. The van der Waals surface area contributed by atoms with Gasteiger partial charge < -0.3 is 58.1 Å². The van der Waals surface area contributed by atoms with E-state index in [9.17, 15) is 43.8 Å². The van der Waals surface area contributed by atoms with Crippen LogP contribution in [0.5, 0.6) is 5.75 Å². The number of carbonyl (C=O) groups is 7. The molecule has 0 bridgehead atoms. The minimum absolute atomic E-state index is 0.00714. The smallest absolute Gasteiger partial charge is 0.247 e. The van der Waals surface area contributed by atoms with E-state index >= 15 is 0 Å². The molecule has 3 aromatic carbocycles. The number of phenols is 1. The molecular formula is C50H68N10O9S4. The molecule has 1 aliphatic rings. The summed E-state index contributed by atoms with van der Waals surface area (Å²) in [4.78, 5) is 102. The molecule has 0 radical (unpaired) electrons. The molecule has 1 fully saturated rings. The normalized spacial score (nSPS) is 19.7. The number of rotatable bonds is 21. The first-order chi connectivity index (χ1) is 35.3. The number of aliphatic hydroxyl groups is 1. The van der Waals surface area contributed by atoms with Gasteiger partial charge in [-0.15, -0.1) is 0 Å². The molecular weight excluding hydrogens is 1010 g/mol. The van der Waals surface area contributed by atoms with Gasteiger partial charge in [0.2, 0.25) is 41.4 Å². The minimum atomic E-state index is -1.40. The van der Waals surface area contributed by atoms with Gasteiger partial charge in [0, 0.05) is 66.5 Å². The molecule has 0 saturated carbocycles. The first kappa shape index (κ1) is 58.5. The van der Waals surface area contributed by atoms with Crippen LogP contribution >= 0.6 is 43.2 Å². The van der Waals surface area contributed by atoms with E-state index in [1.165, 1.54) is 45.5 Å². The van der Waals surface area contributed by atoms with Gasteiger partial charge in [-0.1, -0.05) is 104 Å². The van der Waals surface area contributed by atoms with Crippen LogP contribution < -0.4 is 47.9 Å². The van der Waals surface area contributed by atoms with Crippen LogP contribution in [0.15, 0.2) is 85.1 Å². The van der Waals surface area contributed by atoms with E-state index in [2.05, 4.69) is 42.2 Å². The number of aromatic nitrogens is 1. The lowest BCUT2D eigenvalue weighted by atomic mass is 10.0. The van der Waals surface area contributed by atoms with E-state index in [0.29, 0.717) is 72.4 Å². The predicted octanol–water partition coefficient (Wildman–Crippen LogP) is 2.52. The van der Waals surface area contributed by atoms with Crippen molar-refractivity contribution in [3.63, 3.8) is 0 Å². The summed E-state index contributed by atoms with van der Waals surface area (Å²) in [5, 5.41) is 41.4. The Morgan fingerprint density at radius 2 is 1.59 bits per heavy atom. The van der Waals surface area contributed by atoms with Crippen LogP contribution in [-0.2, 0) is 46.4 Å². The summed E-state index contributed by atoms with van der Waals surface area (Å²) in [6.07, 6.45) is 2.68. The molecule has 1 saturated heterocycles. The number of amides is 7. The number of nitrogens with one attached hydrogen (secondary N) is 8. The van der Waals surface area contributed by atoms with Gasteiger partial charge in [0.1, 0.15) is 29.9 Å². The number of nitrogens with two attached hydrogens (primary N) is 1. The number of nitrogens with zero attached hydrogens (tertiary/aromatic N) is 1. The second kappa shape index (κ2) is 31.3. The number of fused-ring (bicyclic) bond motifs is 1. The number of phenolic OH excluding ortho intramolecular Hbond substituents is 1. The van der Waals surface area contributed by atoms with Gasteiger partial charge in [-0.3, -0.25) is 38.5 Å². The fraction of sp³-hybridized carbons (Fsp3) is 0.460. The molecule has 19 nitrogen and oxygen atoms in total. The summed E-state index contributed by atoms with van der Waals surface area (Å²) in [6.45, 7) is 1.66. The number of unbranched alkanes of at least 4 members (excludes halogenated alkanes) is 1. The van der Waals surface area contributed by atoms with Crippen LogP contribution in [0.3, 0.4) is 0 Å². The van der Waals surface area contributed by atoms with Crippen molar-refractivity contribution in [2.24, 2.45) is 5.73 Å². The molecule has 5 rings (SSSR count). The molecule has 0 spiro atoms. The SMILES string of the molecule is CNC(=O)CCSSCCCN[C@H](Cc1ccccc1)C(=O)N[C@H]1CSSCCNC(=O)[C@H]([C@@H](C)O)NC(=O)[C@H](CCCCN)N(c2c[nH]c3ccccc23)C(=O)CNC(=O)[C@H](Cc2ccc(O)cc2)NC1=O. The molecule has 396 valence electrons. The van der Waals surface area contributed by atoms with Crippen molar-refractivity contribution in [3.8, 4) is 5.75 Å². The molecule has 73 heavy (non-hydrogen) atoms. The van der Waals surface area contributed by atoms with Gasteiger partial charge in [0.25, 0.3) is 0 Å². The molecule has 23 heteroatoms. The Morgan fingerprint density at radius 3 is 2.33 bits per heavy atom. The Hall–Kier alpha value is -5.43. The predicted molar refractivity (Wildman–Crippen MR) is 293 cm³/mol. The second-order valence-electron chi connectivity index (χ2n) is 17.2. The highest BCUT2D eigenvalue weighted by atomic mass is 33.1. The molecule has 6 atom stereocenters. The first-order valence-corrected chi connectivity index (χ1v) is 29.2. The van der Waals surface area contributed by atoms with Crippen molar-refractivity contribution >= 4 is 101 Å². The van der Waals surface area contributed by atoms with Crippen LogP contribution in [0.25, 0.3) is 10.9 Å². The second-order valence-corrected chi connectivity index (χ2v) is 22.6. The standard InChI is InChI=1S/C50H68N10O9S4/c1-32(61)45-50(69)54-23-26-72-73-31-40(58-47(66)38(27-33-11-4-3-5-12-33)53-22-10-24-70-71-25-20-43(63)52-2)48(67)57-39(28-34-16-18-35(62)19-17-34)46(65)56-30-44(64)60(41(49(68)59-45)15-8-9-21-51)42-29-55-37-14-7-6-13-36(37)42/h3-7,11-14,16-19,29,32,38-41,45,53,55,61-62H,8-10,15,20-28,30-31,51H2,1-2H3,(H,52,63)(H,54,69)(H,56,65)(H,57,67)(H,58,66)(H,59,68)/t32-,38-,39+,40+,41+,45+/m1/s1. The Bertz CT molecular complexity index is 2420. The largest absolute Gasteiger partial charge is 0.508 e. The van der Waals surface area contributed by atoms with Crippen molar-refractivity contribution < 1.29 is 43.8 Å². The Kier molecular flexibility index (Phi) is 25.1. The Labute approximate surface area is 441 Å². The van der Waals surface area contributed by atoms with Crippen molar-refractivity contribution in [1.29, 1.82) is 0 Å². The summed E-state index contributed by atoms with van der Waals surface area (Å²) < 4.78 is 0. The van der Waals surface area contributed by atoms with Gasteiger partial charge in [-0.25, -0.2) is 0 Å². The average molecular weight is 1080 g/mol. The van der Waals surface area contributed by atoms with Crippen molar-refractivity contribution in [3.05, 3.63) is 96.2 Å². The third-order valence-corrected chi connectivity index (χ3v) is 16.6. The number of para-hydroxylation sites is 1. The number of aromatic amines is 1. The monoisotopic (exact) mass is 1080 g/mol. The summed E-state index contributed by atoms with van der Waals surface area (Å²) in [5.74, 6) is -2.12. The van der Waals surface area contributed by atoms with E-state index in [1.54, 1.807) is 65.2 Å². The number of hydrogen-bond donors (Lipinski definition) is 11. The summed E-state index contributed by atoms with van der Waals surface area (Å²) in [7, 11) is 7.43. The third-order valence-electron chi connectivity index (χ3n) is 11.7. The van der Waals surface area contributed by atoms with E-state index < -0.39 is 78.3 Å². The lowest BCUT2D eigenvalue weighted by Gasteiger charge is -2.33. The summed E-state index contributed by atoms with van der Waals surface area (Å²) >= 11 is 0. The third kappa shape index (κ3) is 19.1. The number of hydrogen-bond acceptors (Lipinski definition) is 15. The molecule has 4 aromatic rings. The molecule has 0 unspecified atom stereocenters. The summed E-state index contributed by atoms with van der Waals surface area (Å²) in [5.41, 5.74) is 8.32. The number of anilines is 1. The maximum atomic E-state index is 14.7. The van der Waals surface area contributed by atoms with Crippen LogP contribution in [0.1, 0.15) is 50.2 Å². The van der Waals surface area contributed by atoms with Gasteiger partial charge in [0.05, 0.1) is 24.4 Å². The molecule has 1 aromatic heterocycles. The number of aromatic hydroxyl groups is 1.